The first kappa shape index (κ1) is 15.8. The molecule has 120 valence electrons. The van der Waals surface area contributed by atoms with Gasteiger partial charge in [-0.05, 0) is 43.0 Å². The van der Waals surface area contributed by atoms with Crippen molar-refractivity contribution in [3.05, 3.63) is 54.6 Å². The number of aryl methyl sites for hydroxylation is 1. The van der Waals surface area contributed by atoms with Gasteiger partial charge in [-0.15, -0.1) is 11.3 Å². The smallest absolute Gasteiger partial charge is 0.261 e. The Morgan fingerprint density at radius 1 is 1.39 bits per heavy atom. The maximum atomic E-state index is 12.3. The molecule has 6 nitrogen and oxygen atoms in total. The van der Waals surface area contributed by atoms with Gasteiger partial charge >= 0.3 is 0 Å². The van der Waals surface area contributed by atoms with Crippen LogP contribution < -0.4 is 16.6 Å². The van der Waals surface area contributed by atoms with Crippen LogP contribution in [0.1, 0.15) is 50.2 Å². The van der Waals surface area contributed by atoms with Crippen LogP contribution >= 0.6 is 22.9 Å². The molecule has 1 unspecified atom stereocenters. The lowest BCUT2D eigenvalue weighted by molar-refractivity contribution is 0.0936. The van der Waals surface area contributed by atoms with E-state index >= 15 is 0 Å². The third kappa shape index (κ3) is 3.16. The monoisotopic (exact) mass is 351 g/mol. The van der Waals surface area contributed by atoms with Crippen LogP contribution in [0.2, 0.25) is 4.34 Å². The predicted molar refractivity (Wildman–Crippen MR) is 88.1 cm³/mol. The Morgan fingerprint density at radius 3 is 2.83 bits per heavy atom. The molecular weight excluding hydrogens is 338 g/mol. The lowest BCUT2D eigenvalue weighted by Gasteiger charge is -2.26. The molecule has 4 N–H and O–H groups in total. The second kappa shape index (κ2) is 6.17. The van der Waals surface area contributed by atoms with Gasteiger partial charge in [0.15, 0.2) is 0 Å². The van der Waals surface area contributed by atoms with E-state index in [1.165, 1.54) is 17.4 Å². The Labute approximate surface area is 140 Å². The summed E-state index contributed by atoms with van der Waals surface area (Å²) in [6, 6.07) is 4.54. The van der Waals surface area contributed by atoms with Crippen molar-refractivity contribution >= 4 is 34.8 Å². The number of primary amides is 1. The molecule has 2 aromatic rings. The molecular formula is C15H14ClN3O3S. The fourth-order valence-corrected chi connectivity index (χ4v) is 3.69. The van der Waals surface area contributed by atoms with E-state index in [0.29, 0.717) is 15.6 Å². The van der Waals surface area contributed by atoms with Crippen LogP contribution in [-0.4, -0.2) is 16.8 Å². The fourth-order valence-electron chi connectivity index (χ4n) is 2.74. The third-order valence-electron chi connectivity index (χ3n) is 3.82. The van der Waals surface area contributed by atoms with Gasteiger partial charge in [0.25, 0.3) is 17.4 Å². The van der Waals surface area contributed by atoms with Crippen LogP contribution in [-0.2, 0) is 6.42 Å². The molecule has 2 aromatic heterocycles. The molecule has 0 saturated carbocycles. The van der Waals surface area contributed by atoms with E-state index < -0.39 is 11.5 Å². The van der Waals surface area contributed by atoms with E-state index in [4.69, 9.17) is 17.3 Å². The molecule has 8 heteroatoms. The first-order valence-corrected chi connectivity index (χ1v) is 8.27. The lowest BCUT2D eigenvalue weighted by Crippen LogP contribution is -2.33. The Balaban J connectivity index is 1.91. The average Bonchev–Trinajstić information content (AvgIpc) is 2.93. The largest absolute Gasteiger partial charge is 0.365 e. The molecule has 2 amide bonds. The number of nitrogens with two attached hydrogens (primary N) is 1. The molecule has 0 radical (unpaired) electrons. The van der Waals surface area contributed by atoms with Gasteiger partial charge in [-0.2, -0.15) is 0 Å². The standard InChI is InChI=1S/C15H14ClN3O3S/c16-12-5-4-11(23-12)15(22)19-10-3-1-2-9-7(10)6-8(13(17)20)14(21)18-9/h4-6,10H,1-3H2,(H2,17,20)(H,18,21)(H,19,22). The molecule has 1 aliphatic rings. The van der Waals surface area contributed by atoms with Crippen LogP contribution in [0.25, 0.3) is 0 Å². The van der Waals surface area contributed by atoms with Crippen LogP contribution in [0.4, 0.5) is 0 Å². The normalized spacial score (nSPS) is 16.7. The molecule has 0 bridgehead atoms. The molecule has 3 rings (SSSR count). The molecule has 0 aliphatic heterocycles. The van der Waals surface area contributed by atoms with Crippen molar-refractivity contribution in [2.75, 3.05) is 0 Å². The van der Waals surface area contributed by atoms with E-state index in [9.17, 15) is 14.4 Å². The molecule has 0 fully saturated rings. The number of aromatic amines is 1. The highest BCUT2D eigenvalue weighted by molar-refractivity contribution is 7.18. The Hall–Kier alpha value is -2.12. The number of thiophene rings is 1. The van der Waals surface area contributed by atoms with Crippen molar-refractivity contribution in [1.82, 2.24) is 10.3 Å². The summed E-state index contributed by atoms with van der Waals surface area (Å²) in [6.07, 6.45) is 2.25. The highest BCUT2D eigenvalue weighted by atomic mass is 35.5. The number of H-pyrrole nitrogens is 1. The molecule has 23 heavy (non-hydrogen) atoms. The minimum absolute atomic E-state index is 0.0935. The minimum Gasteiger partial charge on any atom is -0.365 e. The Morgan fingerprint density at radius 2 is 2.17 bits per heavy atom. The summed E-state index contributed by atoms with van der Waals surface area (Å²) in [5.41, 5.74) is 6.12. The molecule has 1 atom stereocenters. The maximum Gasteiger partial charge on any atom is 0.261 e. The Bertz CT molecular complexity index is 843. The van der Waals surface area contributed by atoms with E-state index in [2.05, 4.69) is 10.3 Å². The van der Waals surface area contributed by atoms with E-state index in [1.807, 2.05) is 0 Å². The molecule has 0 aromatic carbocycles. The van der Waals surface area contributed by atoms with E-state index in [1.54, 1.807) is 12.1 Å². The highest BCUT2D eigenvalue weighted by Crippen LogP contribution is 2.29. The first-order chi connectivity index (χ1) is 11.0. The van der Waals surface area contributed by atoms with E-state index in [0.717, 1.165) is 24.1 Å². The van der Waals surface area contributed by atoms with Gasteiger partial charge < -0.3 is 16.0 Å². The van der Waals surface area contributed by atoms with E-state index in [-0.39, 0.29) is 17.5 Å². The van der Waals surface area contributed by atoms with Crippen LogP contribution in [0, 0.1) is 0 Å². The van der Waals surface area contributed by atoms with Gasteiger partial charge in [-0.1, -0.05) is 11.6 Å². The van der Waals surface area contributed by atoms with Crippen molar-refractivity contribution in [3.63, 3.8) is 0 Å². The summed E-state index contributed by atoms with van der Waals surface area (Å²) in [5.74, 6) is -1.01. The zero-order chi connectivity index (χ0) is 16.6. The Kier molecular flexibility index (Phi) is 4.23. The number of carbonyl (C=O) groups is 2. The number of carbonyl (C=O) groups excluding carboxylic acids is 2. The fraction of sp³-hybridized carbons (Fsp3) is 0.267. The van der Waals surface area contributed by atoms with Gasteiger partial charge in [-0.3, -0.25) is 14.4 Å². The number of aromatic nitrogens is 1. The van der Waals surface area contributed by atoms with Crippen LogP contribution in [0.15, 0.2) is 23.0 Å². The van der Waals surface area contributed by atoms with Gasteiger partial charge in [0.05, 0.1) is 15.3 Å². The summed E-state index contributed by atoms with van der Waals surface area (Å²) in [4.78, 5) is 38.7. The summed E-state index contributed by atoms with van der Waals surface area (Å²) >= 11 is 7.05. The number of nitrogens with one attached hydrogen (secondary N) is 2. The average molecular weight is 352 g/mol. The predicted octanol–water partition coefficient (Wildman–Crippen LogP) is 2.00. The van der Waals surface area contributed by atoms with Crippen molar-refractivity contribution in [2.45, 2.75) is 25.3 Å². The van der Waals surface area contributed by atoms with Gasteiger partial charge in [0.2, 0.25) is 0 Å². The molecule has 0 saturated heterocycles. The number of halogens is 1. The number of fused-ring (bicyclic) bond motifs is 1. The molecule has 0 spiro atoms. The van der Waals surface area contributed by atoms with Gasteiger partial charge in [0, 0.05) is 5.69 Å². The zero-order valence-electron chi connectivity index (χ0n) is 12.0. The quantitative estimate of drug-likeness (QED) is 0.787. The summed E-state index contributed by atoms with van der Waals surface area (Å²) < 4.78 is 0.541. The third-order valence-corrected chi connectivity index (χ3v) is 5.05. The maximum absolute atomic E-state index is 12.3. The van der Waals surface area contributed by atoms with Crippen molar-refractivity contribution in [1.29, 1.82) is 0 Å². The van der Waals surface area contributed by atoms with Gasteiger partial charge in [0.1, 0.15) is 5.56 Å². The summed E-state index contributed by atoms with van der Waals surface area (Å²) in [5, 5.41) is 2.93. The minimum atomic E-state index is -0.783. The van der Waals surface area contributed by atoms with Crippen LogP contribution in [0.3, 0.4) is 0 Å². The van der Waals surface area contributed by atoms with Crippen LogP contribution in [0.5, 0.6) is 0 Å². The van der Waals surface area contributed by atoms with Crippen molar-refractivity contribution < 1.29 is 9.59 Å². The number of hydrogen-bond acceptors (Lipinski definition) is 4. The lowest BCUT2D eigenvalue weighted by atomic mass is 9.90. The van der Waals surface area contributed by atoms with Crippen molar-refractivity contribution in [2.24, 2.45) is 5.73 Å². The molecule has 2 heterocycles. The zero-order valence-corrected chi connectivity index (χ0v) is 13.6. The molecule has 1 aliphatic carbocycles. The topological polar surface area (TPSA) is 105 Å². The first-order valence-electron chi connectivity index (χ1n) is 7.08. The number of hydrogen-bond donors (Lipinski definition) is 3. The summed E-state index contributed by atoms with van der Waals surface area (Å²) in [6.45, 7) is 0. The van der Waals surface area contributed by atoms with Crippen molar-refractivity contribution in [3.8, 4) is 0 Å². The number of pyridine rings is 1. The second-order valence-corrected chi connectivity index (χ2v) is 7.05. The number of rotatable bonds is 3. The second-order valence-electron chi connectivity index (χ2n) is 5.33. The highest BCUT2D eigenvalue weighted by Gasteiger charge is 2.25. The van der Waals surface area contributed by atoms with Gasteiger partial charge in [-0.25, -0.2) is 0 Å². The SMILES string of the molecule is NC(=O)c1cc2c([nH]c1=O)CCCC2NC(=O)c1ccc(Cl)s1. The summed E-state index contributed by atoms with van der Waals surface area (Å²) in [7, 11) is 0. The number of amides is 2.